The third kappa shape index (κ3) is 4.54. The van der Waals surface area contributed by atoms with Crippen LogP contribution in [-0.4, -0.2) is 59.9 Å². The normalized spacial score (nSPS) is 16.3. The molecule has 0 atom stereocenters. The number of nitrogens with one attached hydrogen (secondary N) is 1. The van der Waals surface area contributed by atoms with E-state index < -0.39 is 21.7 Å². The number of benzene rings is 1. The molecule has 0 bridgehead atoms. The summed E-state index contributed by atoms with van der Waals surface area (Å²) in [5.74, 6) is -1.61. The van der Waals surface area contributed by atoms with E-state index in [0.29, 0.717) is 24.4 Å². The van der Waals surface area contributed by atoms with Gasteiger partial charge in [-0.2, -0.15) is 9.40 Å². The van der Waals surface area contributed by atoms with Crippen molar-refractivity contribution >= 4 is 22.0 Å². The van der Waals surface area contributed by atoms with Crippen LogP contribution in [0.2, 0.25) is 0 Å². The number of H-pyrrole nitrogens is 1. The van der Waals surface area contributed by atoms with Crippen LogP contribution in [0.15, 0.2) is 29.2 Å². The smallest absolute Gasteiger partial charge is 0.246 e. The van der Waals surface area contributed by atoms with Crippen molar-refractivity contribution in [3.63, 3.8) is 0 Å². The zero-order chi connectivity index (χ0) is 21.2. The summed E-state index contributed by atoms with van der Waals surface area (Å²) in [7, 11) is -3.73. The van der Waals surface area contributed by atoms with Gasteiger partial charge in [0, 0.05) is 37.8 Å². The lowest BCUT2D eigenvalue weighted by molar-refractivity contribution is -0.125. The predicted octanol–water partition coefficient (Wildman–Crippen LogP) is 2.24. The molecule has 1 saturated heterocycles. The number of hydrogen-bond acceptors (Lipinski definition) is 4. The zero-order valence-electron chi connectivity index (χ0n) is 16.2. The molecule has 156 valence electrons. The number of aromatic nitrogens is 2. The van der Waals surface area contributed by atoms with E-state index in [1.54, 1.807) is 13.8 Å². The number of halogens is 2. The summed E-state index contributed by atoms with van der Waals surface area (Å²) in [5, 5.41) is 6.63. The highest BCUT2D eigenvalue weighted by atomic mass is 32.2. The van der Waals surface area contributed by atoms with Gasteiger partial charge in [-0.1, -0.05) is 0 Å². The van der Waals surface area contributed by atoms with Gasteiger partial charge >= 0.3 is 0 Å². The Morgan fingerprint density at radius 2 is 1.93 bits per heavy atom. The molecule has 0 radical (unpaired) electrons. The summed E-state index contributed by atoms with van der Waals surface area (Å²) in [6, 6.07) is 3.00. The van der Waals surface area contributed by atoms with Crippen LogP contribution in [-0.2, 0) is 14.8 Å². The van der Waals surface area contributed by atoms with Crippen LogP contribution in [0.3, 0.4) is 0 Å². The average molecular weight is 424 g/mol. The Balaban J connectivity index is 1.70. The van der Waals surface area contributed by atoms with Gasteiger partial charge < -0.3 is 4.90 Å². The molecule has 3 rings (SSSR count). The molecule has 1 aliphatic rings. The fraction of sp³-hybridized carbons (Fsp3) is 0.368. The molecule has 29 heavy (non-hydrogen) atoms. The van der Waals surface area contributed by atoms with Gasteiger partial charge in [0.25, 0.3) is 0 Å². The van der Waals surface area contributed by atoms with Crippen LogP contribution in [0.5, 0.6) is 0 Å². The van der Waals surface area contributed by atoms with Crippen LogP contribution < -0.4 is 0 Å². The van der Waals surface area contributed by atoms with Gasteiger partial charge in [0.15, 0.2) is 0 Å². The Hall–Kier alpha value is -2.59. The molecule has 1 amide bonds. The molecule has 0 spiro atoms. The monoisotopic (exact) mass is 424 g/mol. The summed E-state index contributed by atoms with van der Waals surface area (Å²) < 4.78 is 54.2. The van der Waals surface area contributed by atoms with E-state index in [2.05, 4.69) is 10.2 Å². The molecule has 0 saturated carbocycles. The summed E-state index contributed by atoms with van der Waals surface area (Å²) in [5.41, 5.74) is 0.850. The molecule has 0 aliphatic carbocycles. The number of carbonyl (C=O) groups excluding carboxylic acids is 1. The van der Waals surface area contributed by atoms with Crippen LogP contribution in [0.1, 0.15) is 23.4 Å². The topological polar surface area (TPSA) is 86.4 Å². The van der Waals surface area contributed by atoms with Crippen molar-refractivity contribution in [3.05, 3.63) is 52.9 Å². The van der Waals surface area contributed by atoms with Gasteiger partial charge in [-0.25, -0.2) is 17.2 Å². The molecule has 1 N–H and O–H groups in total. The second-order valence-electron chi connectivity index (χ2n) is 6.85. The fourth-order valence-corrected chi connectivity index (χ4v) is 5.11. The molecule has 10 heteroatoms. The lowest BCUT2D eigenvalue weighted by Gasteiger charge is -2.21. The van der Waals surface area contributed by atoms with Gasteiger partial charge in [-0.15, -0.1) is 0 Å². The highest BCUT2D eigenvalue weighted by molar-refractivity contribution is 7.89. The number of aromatic amines is 1. The number of aryl methyl sites for hydroxylation is 2. The second-order valence-corrected chi connectivity index (χ2v) is 8.72. The third-order valence-corrected chi connectivity index (χ3v) is 6.95. The van der Waals surface area contributed by atoms with Crippen molar-refractivity contribution in [2.75, 3.05) is 26.2 Å². The standard InChI is InChI=1S/C19H22F2N4O3S/c1-13-19(14(2)23-22-13)29(27,28)25-9-3-8-24(10-11-25)18(26)7-4-15-12-16(20)5-6-17(15)21/h4-7,12H,3,8-11H2,1-2H3,(H,22,23)/b7-4+. The summed E-state index contributed by atoms with van der Waals surface area (Å²) in [4.78, 5) is 14.1. The van der Waals surface area contributed by atoms with Crippen molar-refractivity contribution in [2.45, 2.75) is 25.2 Å². The summed E-state index contributed by atoms with van der Waals surface area (Å²) in [6.45, 7) is 4.25. The largest absolute Gasteiger partial charge is 0.338 e. The Labute approximate surface area is 168 Å². The van der Waals surface area contributed by atoms with Crippen molar-refractivity contribution < 1.29 is 22.0 Å². The maximum absolute atomic E-state index is 13.7. The van der Waals surface area contributed by atoms with Gasteiger partial charge in [-0.05, 0) is 44.5 Å². The van der Waals surface area contributed by atoms with Crippen LogP contribution in [0.4, 0.5) is 8.78 Å². The minimum absolute atomic E-state index is 0.0247. The van der Waals surface area contributed by atoms with Crippen molar-refractivity contribution in [1.29, 1.82) is 0 Å². The maximum Gasteiger partial charge on any atom is 0.246 e. The van der Waals surface area contributed by atoms with E-state index in [-0.39, 0.29) is 36.0 Å². The Morgan fingerprint density at radius 1 is 1.17 bits per heavy atom. The first-order valence-electron chi connectivity index (χ1n) is 9.14. The minimum atomic E-state index is -3.73. The molecule has 1 fully saturated rings. The Bertz CT molecular complexity index is 1030. The van der Waals surface area contributed by atoms with Gasteiger partial charge in [0.2, 0.25) is 15.9 Å². The lowest BCUT2D eigenvalue weighted by atomic mass is 10.2. The van der Waals surface area contributed by atoms with Gasteiger partial charge in [-0.3, -0.25) is 9.89 Å². The highest BCUT2D eigenvalue weighted by Gasteiger charge is 2.31. The van der Waals surface area contributed by atoms with Crippen LogP contribution in [0, 0.1) is 25.5 Å². The first kappa shape index (κ1) is 21.1. The molecule has 0 unspecified atom stereocenters. The Morgan fingerprint density at radius 3 is 2.62 bits per heavy atom. The second kappa shape index (κ2) is 8.42. The first-order chi connectivity index (χ1) is 13.7. The molecular weight excluding hydrogens is 402 g/mol. The van der Waals surface area contributed by atoms with E-state index in [1.807, 2.05) is 0 Å². The Kier molecular flexibility index (Phi) is 6.13. The number of rotatable bonds is 4. The number of sulfonamides is 1. The first-order valence-corrected chi connectivity index (χ1v) is 10.6. The van der Waals surface area contributed by atoms with Crippen molar-refractivity contribution in [1.82, 2.24) is 19.4 Å². The molecule has 1 aliphatic heterocycles. The summed E-state index contributed by atoms with van der Waals surface area (Å²) in [6.07, 6.45) is 2.85. The van der Waals surface area contributed by atoms with Gasteiger partial charge in [0.1, 0.15) is 16.5 Å². The lowest BCUT2D eigenvalue weighted by Crippen LogP contribution is -2.37. The molecule has 2 aromatic rings. The van der Waals surface area contributed by atoms with Crippen molar-refractivity contribution in [2.24, 2.45) is 0 Å². The maximum atomic E-state index is 13.7. The van der Waals surface area contributed by atoms with Crippen LogP contribution in [0.25, 0.3) is 6.08 Å². The minimum Gasteiger partial charge on any atom is -0.338 e. The van der Waals surface area contributed by atoms with E-state index in [1.165, 1.54) is 21.4 Å². The van der Waals surface area contributed by atoms with Gasteiger partial charge in [0.05, 0.1) is 11.4 Å². The van der Waals surface area contributed by atoms with E-state index in [0.717, 1.165) is 18.2 Å². The quantitative estimate of drug-likeness (QED) is 0.763. The summed E-state index contributed by atoms with van der Waals surface area (Å²) >= 11 is 0. The molecule has 1 aromatic heterocycles. The molecular formula is C19H22F2N4O3S. The van der Waals surface area contributed by atoms with E-state index in [9.17, 15) is 22.0 Å². The molecule has 7 nitrogen and oxygen atoms in total. The predicted molar refractivity (Wildman–Crippen MR) is 103 cm³/mol. The number of amides is 1. The average Bonchev–Trinajstić information content (AvgIpc) is 2.87. The number of nitrogens with zero attached hydrogens (tertiary/aromatic N) is 3. The number of carbonyl (C=O) groups is 1. The molecule has 2 heterocycles. The SMILES string of the molecule is Cc1n[nH]c(C)c1S(=O)(=O)N1CCCN(C(=O)/C=C/c2cc(F)ccc2F)CC1. The van der Waals surface area contributed by atoms with Crippen LogP contribution >= 0.6 is 0 Å². The van der Waals surface area contributed by atoms with Crippen molar-refractivity contribution in [3.8, 4) is 0 Å². The molecule has 1 aromatic carbocycles. The fourth-order valence-electron chi connectivity index (χ4n) is 3.31. The van der Waals surface area contributed by atoms with E-state index in [4.69, 9.17) is 0 Å². The zero-order valence-corrected chi connectivity index (χ0v) is 17.0. The highest BCUT2D eigenvalue weighted by Crippen LogP contribution is 2.23. The number of hydrogen-bond donors (Lipinski definition) is 1. The third-order valence-electron chi connectivity index (χ3n) is 4.79. The van der Waals surface area contributed by atoms with E-state index >= 15 is 0 Å².